The van der Waals surface area contributed by atoms with Crippen LogP contribution in [0.15, 0.2) is 29.3 Å². The zero-order valence-electron chi connectivity index (χ0n) is 7.88. The average Bonchev–Trinajstić information content (AvgIpc) is 2.17. The summed E-state index contributed by atoms with van der Waals surface area (Å²) in [4.78, 5) is 25.0. The van der Waals surface area contributed by atoms with Gasteiger partial charge in [-0.2, -0.15) is 4.99 Å². The number of isocyanates is 1. The number of aliphatic imine (C=N–C) groups is 1. The minimum absolute atomic E-state index is 0. The van der Waals surface area contributed by atoms with E-state index in [1.54, 1.807) is 18.2 Å². The summed E-state index contributed by atoms with van der Waals surface area (Å²) in [5.74, 6) is 0. The first-order valence-corrected chi connectivity index (χ1v) is 3.79. The molecule has 0 spiro atoms. The Hall–Kier alpha value is -1.84. The molecule has 0 saturated heterocycles. The third kappa shape index (κ3) is 3.42. The lowest BCUT2D eigenvalue weighted by atomic mass is 10.2. The Bertz CT molecular complexity index is 402. The molecule has 1 aromatic rings. The standard InChI is InChI=1S/C9H8N2O3.ClH/c1-11(9(13)14)8-4-2-3-7(5-8)10-6-12;/h2-5H,1H3,(H,13,14);1H. The number of carbonyl (C=O) groups excluding carboxylic acids is 1. The zero-order chi connectivity index (χ0) is 10.6. The molecule has 0 heterocycles. The van der Waals surface area contributed by atoms with E-state index in [2.05, 4.69) is 4.99 Å². The van der Waals surface area contributed by atoms with Gasteiger partial charge in [0.2, 0.25) is 6.08 Å². The quantitative estimate of drug-likeness (QED) is 0.623. The molecular weight excluding hydrogens is 220 g/mol. The van der Waals surface area contributed by atoms with Gasteiger partial charge in [-0.05, 0) is 18.2 Å². The summed E-state index contributed by atoms with van der Waals surface area (Å²) in [6.45, 7) is 0. The molecule has 0 saturated carbocycles. The summed E-state index contributed by atoms with van der Waals surface area (Å²) in [6.07, 6.45) is 0.316. The van der Waals surface area contributed by atoms with Crippen LogP contribution in [0.1, 0.15) is 0 Å². The molecule has 0 radical (unpaired) electrons. The Balaban J connectivity index is 0.00000196. The predicted octanol–water partition coefficient (Wildman–Crippen LogP) is 2.19. The van der Waals surface area contributed by atoms with Crippen LogP contribution in [0.5, 0.6) is 0 Å². The van der Waals surface area contributed by atoms with Crippen molar-refractivity contribution in [3.8, 4) is 0 Å². The van der Waals surface area contributed by atoms with Crippen molar-refractivity contribution in [3.63, 3.8) is 0 Å². The number of nitrogens with zero attached hydrogens (tertiary/aromatic N) is 2. The van der Waals surface area contributed by atoms with Gasteiger partial charge in [0.25, 0.3) is 0 Å². The Morgan fingerprint density at radius 2 is 2.20 bits per heavy atom. The van der Waals surface area contributed by atoms with Gasteiger partial charge in [-0.25, -0.2) is 9.59 Å². The number of amides is 1. The second kappa shape index (κ2) is 5.80. The van der Waals surface area contributed by atoms with E-state index in [-0.39, 0.29) is 12.4 Å². The molecule has 0 bridgehead atoms. The molecular formula is C9H9ClN2O3. The number of rotatable bonds is 2. The van der Waals surface area contributed by atoms with Crippen LogP contribution in [-0.2, 0) is 4.79 Å². The molecule has 1 N–H and O–H groups in total. The normalized spacial score (nSPS) is 8.33. The lowest BCUT2D eigenvalue weighted by molar-refractivity contribution is 0.203. The number of halogens is 1. The second-order valence-electron chi connectivity index (χ2n) is 2.56. The monoisotopic (exact) mass is 228 g/mol. The van der Waals surface area contributed by atoms with E-state index in [0.29, 0.717) is 11.4 Å². The summed E-state index contributed by atoms with van der Waals surface area (Å²) in [5.41, 5.74) is 0.833. The first-order valence-electron chi connectivity index (χ1n) is 3.79. The molecule has 0 aliphatic heterocycles. The molecule has 0 atom stereocenters. The van der Waals surface area contributed by atoms with Crippen molar-refractivity contribution in [2.75, 3.05) is 11.9 Å². The molecule has 1 aromatic carbocycles. The SMILES string of the molecule is CN(C(=O)O)c1cccc(N=C=O)c1.Cl. The number of anilines is 1. The van der Waals surface area contributed by atoms with E-state index in [9.17, 15) is 9.59 Å². The van der Waals surface area contributed by atoms with Crippen LogP contribution in [-0.4, -0.2) is 24.3 Å². The van der Waals surface area contributed by atoms with Crippen LogP contribution in [0.3, 0.4) is 0 Å². The summed E-state index contributed by atoms with van der Waals surface area (Å²) >= 11 is 0. The van der Waals surface area contributed by atoms with Crippen molar-refractivity contribution in [3.05, 3.63) is 24.3 Å². The van der Waals surface area contributed by atoms with E-state index in [4.69, 9.17) is 5.11 Å². The number of hydrogen-bond acceptors (Lipinski definition) is 3. The largest absolute Gasteiger partial charge is 0.465 e. The predicted molar refractivity (Wildman–Crippen MR) is 57.9 cm³/mol. The van der Waals surface area contributed by atoms with Gasteiger partial charge in [0.1, 0.15) is 0 Å². The van der Waals surface area contributed by atoms with Gasteiger partial charge in [-0.3, -0.25) is 4.90 Å². The van der Waals surface area contributed by atoms with Gasteiger partial charge in [0, 0.05) is 12.7 Å². The van der Waals surface area contributed by atoms with E-state index < -0.39 is 6.09 Å². The highest BCUT2D eigenvalue weighted by atomic mass is 35.5. The number of benzene rings is 1. The fourth-order valence-electron chi connectivity index (χ4n) is 0.934. The van der Waals surface area contributed by atoms with Gasteiger partial charge in [0.15, 0.2) is 0 Å². The smallest absolute Gasteiger partial charge is 0.411 e. The molecule has 1 amide bonds. The minimum atomic E-state index is -1.07. The van der Waals surface area contributed by atoms with Crippen molar-refractivity contribution in [1.82, 2.24) is 0 Å². The lowest BCUT2D eigenvalue weighted by Gasteiger charge is -2.12. The number of hydrogen-bond donors (Lipinski definition) is 1. The second-order valence-corrected chi connectivity index (χ2v) is 2.56. The van der Waals surface area contributed by atoms with Gasteiger partial charge >= 0.3 is 6.09 Å². The van der Waals surface area contributed by atoms with Crippen molar-refractivity contribution >= 4 is 36.0 Å². The number of carboxylic acid groups (broad SMARTS) is 1. The molecule has 0 aromatic heterocycles. The summed E-state index contributed by atoms with van der Waals surface area (Å²) in [5, 5.41) is 8.67. The van der Waals surface area contributed by atoms with Crippen LogP contribution in [0.4, 0.5) is 16.2 Å². The van der Waals surface area contributed by atoms with Crippen LogP contribution in [0, 0.1) is 0 Å². The van der Waals surface area contributed by atoms with Gasteiger partial charge in [0.05, 0.1) is 5.69 Å². The molecule has 0 fully saturated rings. The summed E-state index contributed by atoms with van der Waals surface area (Å²) in [7, 11) is 1.41. The molecule has 6 heteroatoms. The Morgan fingerprint density at radius 3 is 2.73 bits per heavy atom. The highest BCUT2D eigenvalue weighted by molar-refractivity contribution is 5.86. The van der Waals surface area contributed by atoms with Crippen LogP contribution in [0.2, 0.25) is 0 Å². The Kier molecular flexibility index (Phi) is 5.09. The fraction of sp³-hybridized carbons (Fsp3) is 0.111. The van der Waals surface area contributed by atoms with Crippen LogP contribution >= 0.6 is 12.4 Å². The van der Waals surface area contributed by atoms with Crippen LogP contribution < -0.4 is 4.90 Å². The molecule has 5 nitrogen and oxygen atoms in total. The third-order valence-corrected chi connectivity index (χ3v) is 1.68. The fourth-order valence-corrected chi connectivity index (χ4v) is 0.934. The maximum absolute atomic E-state index is 10.6. The van der Waals surface area contributed by atoms with Crippen molar-refractivity contribution in [1.29, 1.82) is 0 Å². The van der Waals surface area contributed by atoms with Crippen molar-refractivity contribution < 1.29 is 14.7 Å². The van der Waals surface area contributed by atoms with E-state index in [1.807, 2.05) is 0 Å². The van der Waals surface area contributed by atoms with Gasteiger partial charge in [-0.1, -0.05) is 6.07 Å². The minimum Gasteiger partial charge on any atom is -0.465 e. The van der Waals surface area contributed by atoms with E-state index >= 15 is 0 Å². The first-order chi connectivity index (χ1) is 6.65. The zero-order valence-corrected chi connectivity index (χ0v) is 8.69. The molecule has 0 unspecified atom stereocenters. The van der Waals surface area contributed by atoms with E-state index in [0.717, 1.165) is 4.90 Å². The molecule has 80 valence electrons. The Labute approximate surface area is 92.5 Å². The van der Waals surface area contributed by atoms with Crippen LogP contribution in [0.25, 0.3) is 0 Å². The Morgan fingerprint density at radius 1 is 1.53 bits per heavy atom. The molecule has 0 aliphatic carbocycles. The molecule has 1 rings (SSSR count). The highest BCUT2D eigenvalue weighted by Gasteiger charge is 2.07. The summed E-state index contributed by atoms with van der Waals surface area (Å²) in [6, 6.07) is 6.30. The topological polar surface area (TPSA) is 70.0 Å². The highest BCUT2D eigenvalue weighted by Crippen LogP contribution is 2.20. The first kappa shape index (κ1) is 13.2. The van der Waals surface area contributed by atoms with Crippen molar-refractivity contribution in [2.45, 2.75) is 0 Å². The number of carbonyl (C=O) groups is 1. The van der Waals surface area contributed by atoms with Gasteiger partial charge < -0.3 is 5.11 Å². The molecule has 15 heavy (non-hydrogen) atoms. The lowest BCUT2D eigenvalue weighted by Crippen LogP contribution is -2.23. The van der Waals surface area contributed by atoms with Crippen molar-refractivity contribution in [2.24, 2.45) is 4.99 Å². The maximum atomic E-state index is 10.6. The average molecular weight is 229 g/mol. The molecule has 0 aliphatic rings. The summed E-state index contributed by atoms with van der Waals surface area (Å²) < 4.78 is 0. The van der Waals surface area contributed by atoms with Gasteiger partial charge in [-0.15, -0.1) is 12.4 Å². The maximum Gasteiger partial charge on any atom is 0.411 e. The van der Waals surface area contributed by atoms with E-state index in [1.165, 1.54) is 19.2 Å². The third-order valence-electron chi connectivity index (χ3n) is 1.68.